The van der Waals surface area contributed by atoms with E-state index in [1.54, 1.807) is 6.92 Å². The van der Waals surface area contributed by atoms with Gasteiger partial charge in [-0.1, -0.05) is 12.2 Å². The standard InChI is InChI=1S/C11H7F3N2S/c1-5-10(15-4-16-11(5)17)6-2-3-7(12)9(14)8(6)13/h2-4H,1H3,(H,15,16,17). The minimum absolute atomic E-state index is 0.0742. The van der Waals surface area contributed by atoms with E-state index < -0.39 is 17.5 Å². The molecule has 1 N–H and O–H groups in total. The van der Waals surface area contributed by atoms with Crippen LogP contribution in [0.15, 0.2) is 18.5 Å². The molecular formula is C11H7F3N2S. The number of hydrogen-bond acceptors (Lipinski definition) is 2. The van der Waals surface area contributed by atoms with Crippen molar-refractivity contribution in [3.63, 3.8) is 0 Å². The first-order valence-electron chi connectivity index (χ1n) is 4.70. The van der Waals surface area contributed by atoms with Gasteiger partial charge in [-0.2, -0.15) is 0 Å². The zero-order valence-electron chi connectivity index (χ0n) is 8.72. The summed E-state index contributed by atoms with van der Waals surface area (Å²) in [6.07, 6.45) is 1.28. The van der Waals surface area contributed by atoms with Gasteiger partial charge in [-0.3, -0.25) is 0 Å². The summed E-state index contributed by atoms with van der Waals surface area (Å²) in [5, 5.41) is 0. The summed E-state index contributed by atoms with van der Waals surface area (Å²) in [5.41, 5.74) is 0.726. The van der Waals surface area contributed by atoms with Crippen LogP contribution in [0.5, 0.6) is 0 Å². The summed E-state index contributed by atoms with van der Waals surface area (Å²) < 4.78 is 39.8. The molecule has 0 amide bonds. The second kappa shape index (κ2) is 4.29. The Morgan fingerprint density at radius 1 is 1.18 bits per heavy atom. The minimum Gasteiger partial charge on any atom is -0.345 e. The molecule has 1 aromatic carbocycles. The number of nitrogens with one attached hydrogen (secondary N) is 1. The molecule has 0 aliphatic rings. The molecule has 0 aliphatic carbocycles. The summed E-state index contributed by atoms with van der Waals surface area (Å²) in [4.78, 5) is 6.48. The van der Waals surface area contributed by atoms with E-state index in [-0.39, 0.29) is 10.2 Å². The van der Waals surface area contributed by atoms with Crippen molar-refractivity contribution >= 4 is 12.2 Å². The lowest BCUT2D eigenvalue weighted by Gasteiger charge is -2.07. The first-order valence-corrected chi connectivity index (χ1v) is 5.11. The number of hydrogen-bond donors (Lipinski definition) is 1. The molecule has 0 radical (unpaired) electrons. The molecule has 2 aromatic rings. The van der Waals surface area contributed by atoms with Crippen LogP contribution in [-0.4, -0.2) is 9.97 Å². The molecule has 0 aliphatic heterocycles. The maximum atomic E-state index is 13.6. The van der Waals surface area contributed by atoms with E-state index in [2.05, 4.69) is 9.97 Å². The van der Waals surface area contributed by atoms with E-state index in [9.17, 15) is 13.2 Å². The quantitative estimate of drug-likeness (QED) is 0.624. The SMILES string of the molecule is Cc1c(-c2ccc(F)c(F)c2F)[nH]cnc1=S. The molecule has 2 nitrogen and oxygen atoms in total. The predicted molar refractivity (Wildman–Crippen MR) is 59.5 cm³/mol. The highest BCUT2D eigenvalue weighted by Crippen LogP contribution is 2.26. The van der Waals surface area contributed by atoms with Gasteiger partial charge in [0.2, 0.25) is 0 Å². The van der Waals surface area contributed by atoms with Crippen molar-refractivity contribution < 1.29 is 13.2 Å². The maximum Gasteiger partial charge on any atom is 0.195 e. The van der Waals surface area contributed by atoms with Crippen LogP contribution < -0.4 is 0 Å². The predicted octanol–water partition coefficient (Wildman–Crippen LogP) is 3.53. The lowest BCUT2D eigenvalue weighted by atomic mass is 10.1. The average Bonchev–Trinajstić information content (AvgIpc) is 2.31. The Hall–Kier alpha value is -1.69. The molecule has 0 saturated heterocycles. The first kappa shape index (κ1) is 11.8. The Morgan fingerprint density at radius 2 is 1.88 bits per heavy atom. The molecule has 6 heteroatoms. The Bertz CT molecular complexity index is 637. The maximum absolute atomic E-state index is 13.6. The zero-order valence-corrected chi connectivity index (χ0v) is 9.54. The Balaban J connectivity index is 2.74. The smallest absolute Gasteiger partial charge is 0.195 e. The Kier molecular flexibility index (Phi) is 2.97. The topological polar surface area (TPSA) is 28.7 Å². The third-order valence-electron chi connectivity index (χ3n) is 2.39. The molecule has 1 heterocycles. The molecule has 0 bridgehead atoms. The van der Waals surface area contributed by atoms with Crippen molar-refractivity contribution in [2.45, 2.75) is 6.92 Å². The van der Waals surface area contributed by atoms with E-state index in [4.69, 9.17) is 12.2 Å². The molecule has 0 atom stereocenters. The van der Waals surface area contributed by atoms with Crippen LogP contribution >= 0.6 is 12.2 Å². The van der Waals surface area contributed by atoms with Crippen LogP contribution in [0.25, 0.3) is 11.3 Å². The molecule has 0 fully saturated rings. The molecule has 2 rings (SSSR count). The Labute approximate surface area is 100 Å². The fourth-order valence-corrected chi connectivity index (χ4v) is 1.62. The monoisotopic (exact) mass is 256 g/mol. The molecule has 17 heavy (non-hydrogen) atoms. The van der Waals surface area contributed by atoms with Gasteiger partial charge in [0.15, 0.2) is 17.5 Å². The van der Waals surface area contributed by atoms with Gasteiger partial charge in [0, 0.05) is 11.1 Å². The third-order valence-corrected chi connectivity index (χ3v) is 2.80. The van der Waals surface area contributed by atoms with Gasteiger partial charge in [0.1, 0.15) is 4.64 Å². The lowest BCUT2D eigenvalue weighted by Crippen LogP contribution is -1.98. The number of rotatable bonds is 1. The second-order valence-electron chi connectivity index (χ2n) is 3.43. The van der Waals surface area contributed by atoms with Gasteiger partial charge in [0.05, 0.1) is 12.0 Å². The third kappa shape index (κ3) is 1.95. The number of aromatic amines is 1. The molecule has 88 valence electrons. The largest absolute Gasteiger partial charge is 0.345 e. The Morgan fingerprint density at radius 3 is 2.59 bits per heavy atom. The highest BCUT2D eigenvalue weighted by atomic mass is 32.1. The highest BCUT2D eigenvalue weighted by Gasteiger charge is 2.16. The van der Waals surface area contributed by atoms with Crippen LogP contribution in [0.3, 0.4) is 0 Å². The van der Waals surface area contributed by atoms with E-state index in [1.807, 2.05) is 0 Å². The second-order valence-corrected chi connectivity index (χ2v) is 3.82. The van der Waals surface area contributed by atoms with Crippen LogP contribution in [0.4, 0.5) is 13.2 Å². The summed E-state index contributed by atoms with van der Waals surface area (Å²) in [5.74, 6) is -3.97. The van der Waals surface area contributed by atoms with Crippen LogP contribution in [0.2, 0.25) is 0 Å². The van der Waals surface area contributed by atoms with Crippen molar-refractivity contribution in [2.24, 2.45) is 0 Å². The van der Waals surface area contributed by atoms with Crippen molar-refractivity contribution in [1.29, 1.82) is 0 Å². The van der Waals surface area contributed by atoms with Crippen LogP contribution in [0.1, 0.15) is 5.56 Å². The number of aromatic nitrogens is 2. The van der Waals surface area contributed by atoms with Gasteiger partial charge in [-0.25, -0.2) is 18.2 Å². The fraction of sp³-hybridized carbons (Fsp3) is 0.0909. The number of halogens is 3. The van der Waals surface area contributed by atoms with Crippen LogP contribution in [0, 0.1) is 29.0 Å². The van der Waals surface area contributed by atoms with Crippen LogP contribution in [-0.2, 0) is 0 Å². The summed E-state index contributed by atoms with van der Waals surface area (Å²) in [6.45, 7) is 1.63. The van der Waals surface area contributed by atoms with E-state index in [0.717, 1.165) is 12.1 Å². The van der Waals surface area contributed by atoms with Crippen molar-refractivity contribution in [1.82, 2.24) is 9.97 Å². The number of H-pyrrole nitrogens is 1. The van der Waals surface area contributed by atoms with Gasteiger partial charge in [-0.15, -0.1) is 0 Å². The highest BCUT2D eigenvalue weighted by molar-refractivity contribution is 7.71. The minimum atomic E-state index is -1.50. The molecule has 0 spiro atoms. The molecule has 0 unspecified atom stereocenters. The van der Waals surface area contributed by atoms with E-state index in [1.165, 1.54) is 6.33 Å². The lowest BCUT2D eigenvalue weighted by molar-refractivity contribution is 0.448. The normalized spacial score (nSPS) is 10.6. The van der Waals surface area contributed by atoms with Gasteiger partial charge in [0.25, 0.3) is 0 Å². The van der Waals surface area contributed by atoms with E-state index in [0.29, 0.717) is 11.3 Å². The summed E-state index contributed by atoms with van der Waals surface area (Å²) >= 11 is 4.92. The molecular weight excluding hydrogens is 249 g/mol. The van der Waals surface area contributed by atoms with Gasteiger partial charge >= 0.3 is 0 Å². The summed E-state index contributed by atoms with van der Waals surface area (Å²) in [7, 11) is 0. The van der Waals surface area contributed by atoms with Gasteiger partial charge < -0.3 is 4.98 Å². The van der Waals surface area contributed by atoms with Crippen molar-refractivity contribution in [3.05, 3.63) is 46.1 Å². The zero-order chi connectivity index (χ0) is 12.6. The average molecular weight is 256 g/mol. The first-order chi connectivity index (χ1) is 8.02. The number of benzene rings is 1. The fourth-order valence-electron chi connectivity index (χ4n) is 1.47. The van der Waals surface area contributed by atoms with Crippen molar-refractivity contribution in [3.8, 4) is 11.3 Å². The van der Waals surface area contributed by atoms with Gasteiger partial charge in [-0.05, 0) is 19.1 Å². The summed E-state index contributed by atoms with van der Waals surface area (Å²) in [6, 6.07) is 2.02. The number of nitrogens with zero attached hydrogens (tertiary/aromatic N) is 1. The molecule has 0 saturated carbocycles. The van der Waals surface area contributed by atoms with Crippen molar-refractivity contribution in [2.75, 3.05) is 0 Å². The molecule has 1 aromatic heterocycles. The van der Waals surface area contributed by atoms with E-state index >= 15 is 0 Å².